The molecular weight excluding hydrogens is 560 g/mol. The van der Waals surface area contributed by atoms with E-state index in [0.717, 1.165) is 11.1 Å². The normalized spacial score (nSPS) is 11.3. The second-order valence-electron chi connectivity index (χ2n) is 10.0. The van der Waals surface area contributed by atoms with E-state index in [1.54, 1.807) is 68.8 Å². The zero-order chi connectivity index (χ0) is 31.5. The first-order valence-corrected chi connectivity index (χ1v) is 14.2. The van der Waals surface area contributed by atoms with Crippen LogP contribution in [-0.2, 0) is 11.2 Å². The number of nitrogens with one attached hydrogen (secondary N) is 1. The van der Waals surface area contributed by atoms with Crippen molar-refractivity contribution < 1.29 is 34.1 Å². The number of aliphatic hydroxyl groups is 1. The molecule has 1 atom stereocenters. The van der Waals surface area contributed by atoms with Crippen molar-refractivity contribution in [3.05, 3.63) is 119 Å². The third-order valence-corrected chi connectivity index (χ3v) is 7.33. The number of hydrogen-bond acceptors (Lipinski definition) is 6. The molecule has 0 aliphatic rings. The van der Waals surface area contributed by atoms with Gasteiger partial charge in [-0.25, -0.2) is 0 Å². The number of rotatable bonds is 14. The lowest BCUT2D eigenvalue weighted by Gasteiger charge is -2.25. The van der Waals surface area contributed by atoms with E-state index in [-0.39, 0.29) is 32.0 Å². The van der Waals surface area contributed by atoms with Crippen LogP contribution in [0.4, 0.5) is 0 Å². The molecule has 0 unspecified atom stereocenters. The molecule has 0 fully saturated rings. The highest BCUT2D eigenvalue weighted by Gasteiger charge is 2.24. The molecule has 0 bridgehead atoms. The number of carboxylic acids is 1. The number of amides is 2. The fraction of sp³-hybridized carbons (Fsp3) is 0.229. The number of ether oxygens (including phenoxy) is 2. The standard InChI is InChI=1S/C35H36N2O7/c1-43-31-18-10-13-25(33(31)44-2)19-21-37(22-20-32(39)40)35(42)29-17-9-7-15-27(29)26-14-6-8-16-28(26)34(41)36-30(23-38)24-11-4-3-5-12-24/h3-18,30,38H,19-23H2,1-2H3,(H,36,41)(H,39,40)/t30-/m0/s1. The third-order valence-electron chi connectivity index (χ3n) is 7.33. The summed E-state index contributed by atoms with van der Waals surface area (Å²) in [5.74, 6) is -0.675. The van der Waals surface area contributed by atoms with Gasteiger partial charge in [0.15, 0.2) is 11.5 Å². The molecule has 0 aliphatic carbocycles. The zero-order valence-corrected chi connectivity index (χ0v) is 24.7. The van der Waals surface area contributed by atoms with Crippen LogP contribution < -0.4 is 14.8 Å². The van der Waals surface area contributed by atoms with Crippen molar-refractivity contribution in [3.8, 4) is 22.6 Å². The number of methoxy groups -OCH3 is 2. The van der Waals surface area contributed by atoms with E-state index in [4.69, 9.17) is 9.47 Å². The maximum absolute atomic E-state index is 14.1. The van der Waals surface area contributed by atoms with Crippen LogP contribution in [0.25, 0.3) is 11.1 Å². The molecule has 0 aromatic heterocycles. The van der Waals surface area contributed by atoms with Gasteiger partial charge in [0.25, 0.3) is 11.8 Å². The minimum atomic E-state index is -1.02. The molecular formula is C35H36N2O7. The maximum atomic E-state index is 14.1. The van der Waals surface area contributed by atoms with E-state index in [2.05, 4.69) is 5.32 Å². The molecule has 4 aromatic carbocycles. The number of aliphatic carboxylic acids is 1. The maximum Gasteiger partial charge on any atom is 0.305 e. The first-order valence-electron chi connectivity index (χ1n) is 14.2. The number of nitrogens with zero attached hydrogens (tertiary/aromatic N) is 1. The monoisotopic (exact) mass is 596 g/mol. The second kappa shape index (κ2) is 15.4. The smallest absolute Gasteiger partial charge is 0.305 e. The zero-order valence-electron chi connectivity index (χ0n) is 24.7. The lowest BCUT2D eigenvalue weighted by Crippen LogP contribution is -2.35. The number of hydrogen-bond donors (Lipinski definition) is 3. The van der Waals surface area contributed by atoms with Gasteiger partial charge in [-0.05, 0) is 46.9 Å². The van der Waals surface area contributed by atoms with Crippen molar-refractivity contribution >= 4 is 17.8 Å². The highest BCUT2D eigenvalue weighted by molar-refractivity contribution is 6.06. The largest absolute Gasteiger partial charge is 0.493 e. The summed E-state index contributed by atoms with van der Waals surface area (Å²) in [5, 5.41) is 22.3. The van der Waals surface area contributed by atoms with Crippen LogP contribution in [0.3, 0.4) is 0 Å². The molecule has 0 aliphatic heterocycles. The molecule has 0 saturated heterocycles. The number of aliphatic hydroxyl groups excluding tert-OH is 1. The van der Waals surface area contributed by atoms with E-state index >= 15 is 0 Å². The number of carbonyl (C=O) groups is 3. The Hall–Kier alpha value is -5.15. The molecule has 0 spiro atoms. The Bertz CT molecular complexity index is 1590. The second-order valence-corrected chi connectivity index (χ2v) is 10.0. The van der Waals surface area contributed by atoms with Gasteiger partial charge in [0.2, 0.25) is 0 Å². The average molecular weight is 597 g/mol. The Labute approximate surface area is 256 Å². The van der Waals surface area contributed by atoms with Crippen molar-refractivity contribution in [1.82, 2.24) is 10.2 Å². The minimum Gasteiger partial charge on any atom is -0.493 e. The van der Waals surface area contributed by atoms with Gasteiger partial charge in [-0.3, -0.25) is 14.4 Å². The quantitative estimate of drug-likeness (QED) is 0.187. The number of benzene rings is 4. The molecule has 44 heavy (non-hydrogen) atoms. The van der Waals surface area contributed by atoms with E-state index in [1.165, 1.54) is 4.90 Å². The van der Waals surface area contributed by atoms with Crippen molar-refractivity contribution in [1.29, 1.82) is 0 Å². The molecule has 2 amide bonds. The van der Waals surface area contributed by atoms with E-state index < -0.39 is 17.9 Å². The summed E-state index contributed by atoms with van der Waals surface area (Å²) in [6.45, 7) is -0.0723. The van der Waals surface area contributed by atoms with Crippen molar-refractivity contribution in [3.63, 3.8) is 0 Å². The molecule has 0 saturated carbocycles. The summed E-state index contributed by atoms with van der Waals surface area (Å²) >= 11 is 0. The van der Waals surface area contributed by atoms with E-state index in [0.29, 0.717) is 40.2 Å². The molecule has 4 aromatic rings. The Kier molecular flexibility index (Phi) is 11.1. The summed E-state index contributed by atoms with van der Waals surface area (Å²) < 4.78 is 10.9. The van der Waals surface area contributed by atoms with Crippen LogP contribution in [0.1, 0.15) is 44.3 Å². The average Bonchev–Trinajstić information content (AvgIpc) is 3.06. The summed E-state index contributed by atoms with van der Waals surface area (Å²) in [5.41, 5.74) is 3.30. The predicted octanol–water partition coefficient (Wildman–Crippen LogP) is 4.99. The van der Waals surface area contributed by atoms with Gasteiger partial charge in [-0.1, -0.05) is 78.9 Å². The Morgan fingerprint density at radius 1 is 0.773 bits per heavy atom. The van der Waals surface area contributed by atoms with Gasteiger partial charge in [-0.15, -0.1) is 0 Å². The van der Waals surface area contributed by atoms with Crippen LogP contribution in [0.2, 0.25) is 0 Å². The molecule has 9 nitrogen and oxygen atoms in total. The molecule has 4 rings (SSSR count). The fourth-order valence-corrected chi connectivity index (χ4v) is 5.10. The van der Waals surface area contributed by atoms with Crippen LogP contribution >= 0.6 is 0 Å². The van der Waals surface area contributed by atoms with Gasteiger partial charge in [0, 0.05) is 24.2 Å². The first-order chi connectivity index (χ1) is 21.4. The number of carbonyl (C=O) groups excluding carboxylic acids is 2. The molecule has 0 heterocycles. The van der Waals surface area contributed by atoms with Gasteiger partial charge < -0.3 is 29.9 Å². The minimum absolute atomic E-state index is 0.00776. The number of carboxylic acid groups (broad SMARTS) is 1. The number of para-hydroxylation sites is 1. The lowest BCUT2D eigenvalue weighted by molar-refractivity contribution is -0.137. The summed E-state index contributed by atoms with van der Waals surface area (Å²) in [6, 6.07) is 28.0. The lowest BCUT2D eigenvalue weighted by atomic mass is 9.94. The summed E-state index contributed by atoms with van der Waals surface area (Å²) in [6.07, 6.45) is 0.166. The highest BCUT2D eigenvalue weighted by Crippen LogP contribution is 2.32. The Morgan fingerprint density at radius 2 is 1.41 bits per heavy atom. The van der Waals surface area contributed by atoms with Crippen molar-refractivity contribution in [2.24, 2.45) is 0 Å². The predicted molar refractivity (Wildman–Crippen MR) is 167 cm³/mol. The van der Waals surface area contributed by atoms with E-state index in [9.17, 15) is 24.6 Å². The van der Waals surface area contributed by atoms with Crippen molar-refractivity contribution in [2.75, 3.05) is 33.9 Å². The molecule has 228 valence electrons. The summed E-state index contributed by atoms with van der Waals surface area (Å²) in [4.78, 5) is 40.6. The topological polar surface area (TPSA) is 125 Å². The van der Waals surface area contributed by atoms with Gasteiger partial charge in [0.1, 0.15) is 0 Å². The van der Waals surface area contributed by atoms with Gasteiger partial charge in [-0.2, -0.15) is 0 Å². The Morgan fingerprint density at radius 3 is 2.05 bits per heavy atom. The Balaban J connectivity index is 1.65. The SMILES string of the molecule is COc1cccc(CCN(CCC(=O)O)C(=O)c2ccccc2-c2ccccc2C(=O)N[C@@H](CO)c2ccccc2)c1OC. The van der Waals surface area contributed by atoms with Crippen molar-refractivity contribution in [2.45, 2.75) is 18.9 Å². The summed E-state index contributed by atoms with van der Waals surface area (Å²) in [7, 11) is 3.09. The van der Waals surface area contributed by atoms with Crippen LogP contribution in [-0.4, -0.2) is 66.8 Å². The van der Waals surface area contributed by atoms with Crippen LogP contribution in [0.5, 0.6) is 11.5 Å². The van der Waals surface area contributed by atoms with Crippen LogP contribution in [0.15, 0.2) is 97.1 Å². The fourth-order valence-electron chi connectivity index (χ4n) is 5.10. The van der Waals surface area contributed by atoms with Gasteiger partial charge in [0.05, 0.1) is 33.3 Å². The highest BCUT2D eigenvalue weighted by atomic mass is 16.5. The first kappa shape index (κ1) is 31.8. The molecule has 0 radical (unpaired) electrons. The van der Waals surface area contributed by atoms with E-state index in [1.807, 2.05) is 42.5 Å². The molecule has 9 heteroatoms. The van der Waals surface area contributed by atoms with Gasteiger partial charge >= 0.3 is 5.97 Å². The van der Waals surface area contributed by atoms with Crippen LogP contribution in [0, 0.1) is 0 Å². The molecule has 3 N–H and O–H groups in total. The third kappa shape index (κ3) is 7.62.